The Balaban J connectivity index is 1.97. The minimum absolute atomic E-state index is 0.0430. The molecule has 1 atom stereocenters. The van der Waals surface area contributed by atoms with Gasteiger partial charge in [0.05, 0.1) is 0 Å². The molecule has 0 saturated carbocycles. The fourth-order valence-electron chi connectivity index (χ4n) is 2.26. The monoisotopic (exact) mass is 234 g/mol. The van der Waals surface area contributed by atoms with E-state index in [1.54, 1.807) is 6.07 Å². The smallest absolute Gasteiger partial charge is 0.115 e. The van der Waals surface area contributed by atoms with Crippen LogP contribution in [0.5, 0.6) is 5.75 Å². The van der Waals surface area contributed by atoms with Crippen molar-refractivity contribution in [2.45, 2.75) is 31.7 Å². The minimum atomic E-state index is 0.0430. The molecule has 94 valence electrons. The van der Waals surface area contributed by atoms with Crippen LogP contribution in [0.3, 0.4) is 0 Å². The normalized spacial score (nSPS) is 20.7. The quantitative estimate of drug-likeness (QED) is 0.742. The first kappa shape index (κ1) is 12.4. The van der Waals surface area contributed by atoms with Crippen LogP contribution in [-0.2, 0) is 5.41 Å². The second-order valence-electron chi connectivity index (χ2n) is 5.50. The van der Waals surface area contributed by atoms with Crippen LogP contribution in [0, 0.1) is 0 Å². The minimum Gasteiger partial charge on any atom is -0.508 e. The predicted octanol–water partition coefficient (Wildman–Crippen LogP) is 1.62. The molecule has 17 heavy (non-hydrogen) atoms. The Kier molecular flexibility index (Phi) is 3.69. The molecule has 1 aromatic rings. The summed E-state index contributed by atoms with van der Waals surface area (Å²) in [6, 6.07) is 8.15. The van der Waals surface area contributed by atoms with E-state index in [1.807, 2.05) is 12.1 Å². The number of nitrogens with one attached hydrogen (secondary N) is 2. The van der Waals surface area contributed by atoms with E-state index in [0.717, 1.165) is 19.6 Å². The van der Waals surface area contributed by atoms with Gasteiger partial charge in [0.25, 0.3) is 0 Å². The highest BCUT2D eigenvalue weighted by Gasteiger charge is 2.23. The van der Waals surface area contributed by atoms with Gasteiger partial charge in [0.2, 0.25) is 0 Å². The molecule has 1 aliphatic rings. The highest BCUT2D eigenvalue weighted by Crippen LogP contribution is 2.25. The molecule has 0 radical (unpaired) electrons. The van der Waals surface area contributed by atoms with Crippen molar-refractivity contribution in [1.29, 1.82) is 0 Å². The topological polar surface area (TPSA) is 44.3 Å². The SMILES string of the molecule is CC(C)(CNC1CCNC1)c1cccc(O)c1. The molecule has 2 rings (SSSR count). The van der Waals surface area contributed by atoms with Crippen LogP contribution in [0.1, 0.15) is 25.8 Å². The zero-order chi connectivity index (χ0) is 12.3. The molecule has 0 spiro atoms. The summed E-state index contributed by atoms with van der Waals surface area (Å²) in [5.41, 5.74) is 1.22. The van der Waals surface area contributed by atoms with Gasteiger partial charge in [0, 0.05) is 24.5 Å². The number of phenolic OH excluding ortho intramolecular Hbond substituents is 1. The van der Waals surface area contributed by atoms with Gasteiger partial charge < -0.3 is 15.7 Å². The molecule has 0 amide bonds. The lowest BCUT2D eigenvalue weighted by Gasteiger charge is -2.27. The van der Waals surface area contributed by atoms with E-state index in [0.29, 0.717) is 11.8 Å². The van der Waals surface area contributed by atoms with Gasteiger partial charge in [0.15, 0.2) is 0 Å². The number of hydrogen-bond acceptors (Lipinski definition) is 3. The molecule has 3 N–H and O–H groups in total. The first-order valence-corrected chi connectivity index (χ1v) is 6.31. The molecule has 3 nitrogen and oxygen atoms in total. The molecule has 1 aliphatic heterocycles. The first-order chi connectivity index (χ1) is 8.08. The summed E-state index contributed by atoms with van der Waals surface area (Å²) >= 11 is 0. The summed E-state index contributed by atoms with van der Waals surface area (Å²) in [5.74, 6) is 0.345. The lowest BCUT2D eigenvalue weighted by atomic mass is 9.84. The number of benzene rings is 1. The van der Waals surface area contributed by atoms with Gasteiger partial charge in [-0.2, -0.15) is 0 Å². The summed E-state index contributed by atoms with van der Waals surface area (Å²) < 4.78 is 0. The molecule has 0 aromatic heterocycles. The van der Waals surface area contributed by atoms with Gasteiger partial charge in [-0.15, -0.1) is 0 Å². The molecule has 1 heterocycles. The summed E-state index contributed by atoms with van der Waals surface area (Å²) in [4.78, 5) is 0. The Morgan fingerprint density at radius 2 is 2.29 bits per heavy atom. The van der Waals surface area contributed by atoms with Gasteiger partial charge in [0.1, 0.15) is 5.75 Å². The molecule has 1 fully saturated rings. The molecule has 0 bridgehead atoms. The van der Waals surface area contributed by atoms with Crippen LogP contribution in [0.25, 0.3) is 0 Å². The van der Waals surface area contributed by atoms with Crippen molar-refractivity contribution in [2.24, 2.45) is 0 Å². The highest BCUT2D eigenvalue weighted by atomic mass is 16.3. The Morgan fingerprint density at radius 3 is 2.94 bits per heavy atom. The lowest BCUT2D eigenvalue weighted by molar-refractivity contribution is 0.424. The van der Waals surface area contributed by atoms with Crippen LogP contribution in [0.15, 0.2) is 24.3 Å². The zero-order valence-corrected chi connectivity index (χ0v) is 10.7. The standard InChI is InChI=1S/C14H22N2O/c1-14(2,10-16-12-6-7-15-9-12)11-4-3-5-13(17)8-11/h3-5,8,12,15-17H,6-7,9-10H2,1-2H3. The van der Waals surface area contributed by atoms with Crippen LogP contribution >= 0.6 is 0 Å². The van der Waals surface area contributed by atoms with Crippen molar-refractivity contribution in [1.82, 2.24) is 10.6 Å². The van der Waals surface area contributed by atoms with E-state index in [2.05, 4.69) is 30.5 Å². The summed E-state index contributed by atoms with van der Waals surface area (Å²) in [5, 5.41) is 16.5. The van der Waals surface area contributed by atoms with E-state index in [4.69, 9.17) is 0 Å². The molecular weight excluding hydrogens is 212 g/mol. The van der Waals surface area contributed by atoms with E-state index >= 15 is 0 Å². The third-order valence-corrected chi connectivity index (χ3v) is 3.52. The zero-order valence-electron chi connectivity index (χ0n) is 10.7. The second-order valence-corrected chi connectivity index (χ2v) is 5.50. The predicted molar refractivity (Wildman–Crippen MR) is 70.4 cm³/mol. The van der Waals surface area contributed by atoms with Crippen molar-refractivity contribution in [3.8, 4) is 5.75 Å². The van der Waals surface area contributed by atoms with Gasteiger partial charge in [-0.1, -0.05) is 26.0 Å². The fourth-order valence-corrected chi connectivity index (χ4v) is 2.26. The Morgan fingerprint density at radius 1 is 1.47 bits per heavy atom. The molecule has 1 unspecified atom stereocenters. The number of phenols is 1. The van der Waals surface area contributed by atoms with Crippen LogP contribution < -0.4 is 10.6 Å². The highest BCUT2D eigenvalue weighted by molar-refractivity contribution is 5.32. The number of aromatic hydroxyl groups is 1. The average Bonchev–Trinajstić information content (AvgIpc) is 2.79. The molecular formula is C14H22N2O. The third-order valence-electron chi connectivity index (χ3n) is 3.52. The average molecular weight is 234 g/mol. The van der Waals surface area contributed by atoms with Crippen molar-refractivity contribution in [2.75, 3.05) is 19.6 Å². The van der Waals surface area contributed by atoms with Crippen molar-refractivity contribution >= 4 is 0 Å². The second kappa shape index (κ2) is 5.07. The van der Waals surface area contributed by atoms with E-state index in [-0.39, 0.29) is 5.41 Å². The van der Waals surface area contributed by atoms with Crippen molar-refractivity contribution in [3.63, 3.8) is 0 Å². The Labute approximate surface area is 103 Å². The largest absolute Gasteiger partial charge is 0.508 e. The molecule has 1 aromatic carbocycles. The van der Waals surface area contributed by atoms with Gasteiger partial charge >= 0.3 is 0 Å². The van der Waals surface area contributed by atoms with Crippen LogP contribution in [-0.4, -0.2) is 30.8 Å². The van der Waals surface area contributed by atoms with Crippen LogP contribution in [0.2, 0.25) is 0 Å². The number of hydrogen-bond donors (Lipinski definition) is 3. The van der Waals surface area contributed by atoms with E-state index < -0.39 is 0 Å². The summed E-state index contributed by atoms with van der Waals surface area (Å²) in [7, 11) is 0. The lowest BCUT2D eigenvalue weighted by Crippen LogP contribution is -2.40. The number of rotatable bonds is 4. The van der Waals surface area contributed by atoms with Crippen molar-refractivity contribution in [3.05, 3.63) is 29.8 Å². The maximum atomic E-state index is 9.53. The maximum absolute atomic E-state index is 9.53. The third kappa shape index (κ3) is 3.20. The van der Waals surface area contributed by atoms with Gasteiger partial charge in [-0.3, -0.25) is 0 Å². The molecule has 0 aliphatic carbocycles. The Bertz CT molecular complexity index is 370. The summed E-state index contributed by atoms with van der Waals surface area (Å²) in [6.45, 7) is 7.53. The molecule has 3 heteroatoms. The first-order valence-electron chi connectivity index (χ1n) is 6.31. The van der Waals surface area contributed by atoms with Gasteiger partial charge in [-0.25, -0.2) is 0 Å². The van der Waals surface area contributed by atoms with Crippen LogP contribution in [0.4, 0.5) is 0 Å². The van der Waals surface area contributed by atoms with E-state index in [9.17, 15) is 5.11 Å². The fraction of sp³-hybridized carbons (Fsp3) is 0.571. The Hall–Kier alpha value is -1.06. The van der Waals surface area contributed by atoms with E-state index in [1.165, 1.54) is 12.0 Å². The molecule has 1 saturated heterocycles. The maximum Gasteiger partial charge on any atom is 0.115 e. The summed E-state index contributed by atoms with van der Waals surface area (Å²) in [6.07, 6.45) is 1.20. The van der Waals surface area contributed by atoms with Gasteiger partial charge in [-0.05, 0) is 30.7 Å². The van der Waals surface area contributed by atoms with Crippen molar-refractivity contribution < 1.29 is 5.11 Å².